The molecule has 2 aromatic rings. The minimum atomic E-state index is 0.190. The van der Waals surface area contributed by atoms with Crippen molar-refractivity contribution in [2.24, 2.45) is 0 Å². The standard InChI is InChI=1S/C11H10N2O2S/c16-11-12-10(13-15-11)8-5-7-3-1-2-4-9(7)14-6-8/h1-4,8H,5-6H2,(H,12,13,16). The van der Waals surface area contributed by atoms with Crippen LogP contribution in [0, 0.1) is 4.84 Å². The van der Waals surface area contributed by atoms with Crippen molar-refractivity contribution in [3.63, 3.8) is 0 Å². The number of aromatic nitrogens is 2. The molecule has 1 aliphatic heterocycles. The zero-order chi connectivity index (χ0) is 11.0. The maximum absolute atomic E-state index is 5.66. The third-order valence-corrected chi connectivity index (χ3v) is 2.89. The molecule has 0 aliphatic carbocycles. The van der Waals surface area contributed by atoms with E-state index in [0.717, 1.165) is 18.0 Å². The fraction of sp³-hybridized carbons (Fsp3) is 0.273. The molecule has 1 N–H and O–H groups in total. The van der Waals surface area contributed by atoms with Gasteiger partial charge in [-0.2, -0.15) is 4.98 Å². The molecule has 1 unspecified atom stereocenters. The van der Waals surface area contributed by atoms with Gasteiger partial charge in [0.2, 0.25) is 0 Å². The van der Waals surface area contributed by atoms with Gasteiger partial charge in [-0.15, -0.1) is 0 Å². The molecule has 5 heteroatoms. The molecule has 0 spiro atoms. The van der Waals surface area contributed by atoms with E-state index in [9.17, 15) is 0 Å². The first kappa shape index (κ1) is 9.59. The molecule has 1 aliphatic rings. The zero-order valence-electron chi connectivity index (χ0n) is 8.47. The van der Waals surface area contributed by atoms with E-state index in [1.165, 1.54) is 5.56 Å². The lowest BCUT2D eigenvalue weighted by molar-refractivity contribution is 0.254. The number of hydrogen-bond acceptors (Lipinski definition) is 4. The number of hydrogen-bond donors (Lipinski definition) is 1. The highest BCUT2D eigenvalue weighted by Crippen LogP contribution is 2.30. The van der Waals surface area contributed by atoms with E-state index < -0.39 is 0 Å². The Morgan fingerprint density at radius 2 is 2.25 bits per heavy atom. The van der Waals surface area contributed by atoms with Gasteiger partial charge >= 0.3 is 4.84 Å². The van der Waals surface area contributed by atoms with Gasteiger partial charge in [-0.05, 0) is 30.3 Å². The van der Waals surface area contributed by atoms with Crippen LogP contribution in [-0.2, 0) is 6.42 Å². The molecule has 2 heterocycles. The van der Waals surface area contributed by atoms with Gasteiger partial charge in [-0.25, -0.2) is 5.16 Å². The number of H-pyrrole nitrogens is 1. The lowest BCUT2D eigenvalue weighted by atomic mass is 9.96. The second kappa shape index (κ2) is 3.75. The van der Waals surface area contributed by atoms with Gasteiger partial charge in [0.1, 0.15) is 11.6 Å². The fourth-order valence-electron chi connectivity index (χ4n) is 1.92. The zero-order valence-corrected chi connectivity index (χ0v) is 9.29. The molecule has 0 fully saturated rings. The van der Waals surface area contributed by atoms with Crippen LogP contribution in [-0.4, -0.2) is 16.7 Å². The van der Waals surface area contributed by atoms with Gasteiger partial charge in [0, 0.05) is 0 Å². The monoisotopic (exact) mass is 234 g/mol. The average molecular weight is 234 g/mol. The normalized spacial score (nSPS) is 18.9. The third kappa shape index (κ3) is 1.63. The van der Waals surface area contributed by atoms with E-state index in [1.54, 1.807) is 0 Å². The summed E-state index contributed by atoms with van der Waals surface area (Å²) in [5, 5.41) is 2.74. The average Bonchev–Trinajstić information content (AvgIpc) is 2.75. The van der Waals surface area contributed by atoms with Crippen molar-refractivity contribution in [1.29, 1.82) is 0 Å². The second-order valence-electron chi connectivity index (χ2n) is 3.79. The molecule has 0 radical (unpaired) electrons. The number of nitrogens with one attached hydrogen (secondary N) is 1. The van der Waals surface area contributed by atoms with Crippen molar-refractivity contribution >= 4 is 12.2 Å². The lowest BCUT2D eigenvalue weighted by Crippen LogP contribution is -2.20. The summed E-state index contributed by atoms with van der Waals surface area (Å²) in [6.07, 6.45) is 0.897. The molecule has 0 amide bonds. The van der Waals surface area contributed by atoms with Crippen LogP contribution in [0.15, 0.2) is 28.8 Å². The Kier molecular flexibility index (Phi) is 2.25. The third-order valence-electron chi connectivity index (χ3n) is 2.72. The number of fused-ring (bicyclic) bond motifs is 1. The summed E-state index contributed by atoms with van der Waals surface area (Å²) in [6.45, 7) is 0.606. The summed E-state index contributed by atoms with van der Waals surface area (Å²) >= 11 is 4.83. The molecule has 3 rings (SSSR count). The lowest BCUT2D eigenvalue weighted by Gasteiger charge is -2.23. The van der Waals surface area contributed by atoms with E-state index in [-0.39, 0.29) is 10.8 Å². The summed E-state index contributed by atoms with van der Waals surface area (Å²) in [5.41, 5.74) is 1.20. The first-order valence-corrected chi connectivity index (χ1v) is 5.50. The van der Waals surface area contributed by atoms with Crippen LogP contribution >= 0.6 is 12.2 Å². The topological polar surface area (TPSA) is 51.0 Å². The number of benzene rings is 1. The summed E-state index contributed by atoms with van der Waals surface area (Å²) in [4.78, 5) is 4.36. The molecule has 16 heavy (non-hydrogen) atoms. The van der Waals surface area contributed by atoms with E-state index in [4.69, 9.17) is 21.5 Å². The Hall–Kier alpha value is -1.62. The van der Waals surface area contributed by atoms with Gasteiger partial charge in [-0.3, -0.25) is 0 Å². The molecule has 82 valence electrons. The smallest absolute Gasteiger partial charge is 0.314 e. The minimum absolute atomic E-state index is 0.190. The maximum Gasteiger partial charge on any atom is 0.314 e. The van der Waals surface area contributed by atoms with Crippen LogP contribution in [0.5, 0.6) is 5.75 Å². The minimum Gasteiger partial charge on any atom is -0.493 e. The Morgan fingerprint density at radius 3 is 3.06 bits per heavy atom. The van der Waals surface area contributed by atoms with Gasteiger partial charge in [-0.1, -0.05) is 18.2 Å². The predicted octanol–water partition coefficient (Wildman–Crippen LogP) is 2.45. The molecular formula is C11H10N2O2S. The van der Waals surface area contributed by atoms with Gasteiger partial charge in [0.05, 0.1) is 12.5 Å². The van der Waals surface area contributed by atoms with Crippen LogP contribution < -0.4 is 4.74 Å². The molecule has 0 saturated carbocycles. The van der Waals surface area contributed by atoms with E-state index in [0.29, 0.717) is 6.61 Å². The number of para-hydroxylation sites is 1. The van der Waals surface area contributed by atoms with Crippen molar-refractivity contribution in [2.75, 3.05) is 6.61 Å². The summed E-state index contributed by atoms with van der Waals surface area (Å²) < 4.78 is 10.6. The first-order valence-electron chi connectivity index (χ1n) is 5.09. The highest BCUT2D eigenvalue weighted by Gasteiger charge is 2.23. The van der Waals surface area contributed by atoms with Crippen molar-refractivity contribution in [3.05, 3.63) is 40.5 Å². The highest BCUT2D eigenvalue weighted by molar-refractivity contribution is 7.71. The second-order valence-corrected chi connectivity index (χ2v) is 4.14. The van der Waals surface area contributed by atoms with Crippen molar-refractivity contribution in [3.8, 4) is 5.75 Å². The Balaban J connectivity index is 1.90. The van der Waals surface area contributed by atoms with Crippen molar-refractivity contribution in [1.82, 2.24) is 10.1 Å². The highest BCUT2D eigenvalue weighted by atomic mass is 32.1. The summed E-state index contributed by atoms with van der Waals surface area (Å²) in [5.74, 6) is 1.91. The first-order chi connectivity index (χ1) is 7.83. The van der Waals surface area contributed by atoms with E-state index >= 15 is 0 Å². The quantitative estimate of drug-likeness (QED) is 0.770. The predicted molar refractivity (Wildman–Crippen MR) is 60.1 cm³/mol. The molecule has 1 aromatic carbocycles. The maximum atomic E-state index is 5.66. The van der Waals surface area contributed by atoms with Gasteiger partial charge in [0.25, 0.3) is 0 Å². The van der Waals surface area contributed by atoms with Crippen LogP contribution in [0.2, 0.25) is 0 Å². The Labute approximate surface area is 97.2 Å². The molecular weight excluding hydrogens is 224 g/mol. The Morgan fingerprint density at radius 1 is 1.38 bits per heavy atom. The van der Waals surface area contributed by atoms with Crippen molar-refractivity contribution in [2.45, 2.75) is 12.3 Å². The summed E-state index contributed by atoms with van der Waals surface area (Å²) in [6, 6.07) is 8.03. The van der Waals surface area contributed by atoms with Gasteiger partial charge < -0.3 is 9.26 Å². The number of ether oxygens (including phenoxy) is 1. The largest absolute Gasteiger partial charge is 0.493 e. The van der Waals surface area contributed by atoms with E-state index in [2.05, 4.69) is 16.2 Å². The van der Waals surface area contributed by atoms with E-state index in [1.807, 2.05) is 18.2 Å². The van der Waals surface area contributed by atoms with Gasteiger partial charge in [0.15, 0.2) is 0 Å². The molecule has 4 nitrogen and oxygen atoms in total. The summed E-state index contributed by atoms with van der Waals surface area (Å²) in [7, 11) is 0. The van der Waals surface area contributed by atoms with Crippen molar-refractivity contribution < 1.29 is 9.26 Å². The number of aromatic amines is 1. The van der Waals surface area contributed by atoms with Crippen LogP contribution in [0.3, 0.4) is 0 Å². The number of nitrogens with zero attached hydrogens (tertiary/aromatic N) is 1. The number of rotatable bonds is 1. The van der Waals surface area contributed by atoms with Crippen LogP contribution in [0.25, 0.3) is 0 Å². The SMILES string of the molecule is S=c1nc(C2COc3ccccc3C2)[nH]o1. The van der Waals surface area contributed by atoms with Crippen LogP contribution in [0.1, 0.15) is 17.3 Å². The molecule has 0 saturated heterocycles. The molecule has 1 aromatic heterocycles. The van der Waals surface area contributed by atoms with Crippen LogP contribution in [0.4, 0.5) is 0 Å². The molecule has 1 atom stereocenters. The molecule has 0 bridgehead atoms. The fourth-order valence-corrected chi connectivity index (χ4v) is 2.06. The Bertz CT molecular complexity index is 561.